The average Bonchev–Trinajstić information content (AvgIpc) is 3.22. The minimum atomic E-state index is -0.299. The second kappa shape index (κ2) is 8.24. The molecule has 1 aliphatic rings. The molecule has 7 heteroatoms. The summed E-state index contributed by atoms with van der Waals surface area (Å²) in [6, 6.07) is 11.2. The molecular formula is C16H14ClNO2S3. The van der Waals surface area contributed by atoms with E-state index < -0.39 is 0 Å². The molecule has 120 valence electrons. The van der Waals surface area contributed by atoms with E-state index in [2.05, 4.69) is 4.99 Å². The van der Waals surface area contributed by atoms with Gasteiger partial charge in [0.15, 0.2) is 0 Å². The quantitative estimate of drug-likeness (QED) is 0.673. The SMILES string of the molecule is O=C(OCc1ccc(Cl)s1)c1ccccc1CSC1=NCCS1. The third kappa shape index (κ3) is 4.76. The number of thioether (sulfide) groups is 2. The fourth-order valence-electron chi connectivity index (χ4n) is 2.03. The van der Waals surface area contributed by atoms with Gasteiger partial charge in [-0.15, -0.1) is 11.3 Å². The largest absolute Gasteiger partial charge is 0.456 e. The van der Waals surface area contributed by atoms with Crippen LogP contribution >= 0.6 is 46.5 Å². The first-order chi connectivity index (χ1) is 11.2. The molecule has 1 aromatic heterocycles. The molecule has 23 heavy (non-hydrogen) atoms. The van der Waals surface area contributed by atoms with Crippen molar-refractivity contribution in [2.45, 2.75) is 12.4 Å². The Bertz CT molecular complexity index is 730. The molecule has 0 aliphatic carbocycles. The van der Waals surface area contributed by atoms with Crippen LogP contribution in [0.5, 0.6) is 0 Å². The zero-order valence-corrected chi connectivity index (χ0v) is 15.4. The fraction of sp³-hybridized carbons (Fsp3) is 0.250. The van der Waals surface area contributed by atoms with E-state index in [0.29, 0.717) is 9.90 Å². The molecule has 0 saturated heterocycles. The van der Waals surface area contributed by atoms with Crippen LogP contribution < -0.4 is 0 Å². The van der Waals surface area contributed by atoms with Crippen molar-refractivity contribution in [2.75, 3.05) is 12.3 Å². The van der Waals surface area contributed by atoms with Crippen molar-refractivity contribution in [1.82, 2.24) is 0 Å². The van der Waals surface area contributed by atoms with Gasteiger partial charge in [0, 0.05) is 16.4 Å². The smallest absolute Gasteiger partial charge is 0.338 e. The standard InChI is InChI=1S/C16H14ClNO2S3/c17-14-6-5-12(23-14)9-20-15(19)13-4-2-1-3-11(13)10-22-16-18-7-8-21-16/h1-6H,7-10H2. The number of hydrogen-bond acceptors (Lipinski definition) is 6. The van der Waals surface area contributed by atoms with Crippen molar-refractivity contribution < 1.29 is 9.53 Å². The van der Waals surface area contributed by atoms with Crippen LogP contribution in [0.4, 0.5) is 0 Å². The molecule has 1 aliphatic heterocycles. The molecule has 0 bridgehead atoms. The maximum atomic E-state index is 12.3. The highest BCUT2D eigenvalue weighted by molar-refractivity contribution is 8.38. The lowest BCUT2D eigenvalue weighted by Gasteiger charge is -2.09. The Morgan fingerprint density at radius 2 is 2.17 bits per heavy atom. The van der Waals surface area contributed by atoms with E-state index in [1.807, 2.05) is 30.3 Å². The maximum absolute atomic E-state index is 12.3. The highest BCUT2D eigenvalue weighted by Gasteiger charge is 2.15. The molecule has 0 radical (unpaired) electrons. The van der Waals surface area contributed by atoms with Crippen molar-refractivity contribution in [3.8, 4) is 0 Å². The van der Waals surface area contributed by atoms with E-state index in [-0.39, 0.29) is 12.6 Å². The Balaban J connectivity index is 1.62. The van der Waals surface area contributed by atoms with Crippen molar-refractivity contribution in [1.29, 1.82) is 0 Å². The van der Waals surface area contributed by atoms with Crippen molar-refractivity contribution in [3.63, 3.8) is 0 Å². The molecule has 0 unspecified atom stereocenters. The van der Waals surface area contributed by atoms with E-state index in [1.54, 1.807) is 29.6 Å². The third-order valence-electron chi connectivity index (χ3n) is 3.12. The first kappa shape index (κ1) is 16.9. The van der Waals surface area contributed by atoms with Gasteiger partial charge < -0.3 is 4.74 Å². The minimum Gasteiger partial charge on any atom is -0.456 e. The van der Waals surface area contributed by atoms with E-state index in [9.17, 15) is 4.79 Å². The van der Waals surface area contributed by atoms with E-state index in [0.717, 1.165) is 32.9 Å². The van der Waals surface area contributed by atoms with Gasteiger partial charge in [0.2, 0.25) is 0 Å². The summed E-state index contributed by atoms with van der Waals surface area (Å²) in [5.74, 6) is 1.48. The number of benzene rings is 1. The van der Waals surface area contributed by atoms with Crippen molar-refractivity contribution in [2.24, 2.45) is 4.99 Å². The first-order valence-corrected chi connectivity index (χ1v) is 10.2. The van der Waals surface area contributed by atoms with Gasteiger partial charge in [-0.1, -0.05) is 53.3 Å². The van der Waals surface area contributed by atoms with E-state index in [1.165, 1.54) is 11.3 Å². The monoisotopic (exact) mass is 383 g/mol. The molecule has 0 atom stereocenters. The van der Waals surface area contributed by atoms with Crippen LogP contribution in [-0.2, 0) is 17.1 Å². The van der Waals surface area contributed by atoms with Gasteiger partial charge in [-0.2, -0.15) is 0 Å². The normalized spacial score (nSPS) is 13.9. The average molecular weight is 384 g/mol. The number of hydrogen-bond donors (Lipinski definition) is 0. The van der Waals surface area contributed by atoms with Gasteiger partial charge in [-0.25, -0.2) is 4.79 Å². The molecule has 1 aromatic carbocycles. The molecule has 0 spiro atoms. The van der Waals surface area contributed by atoms with Crippen molar-refractivity contribution >= 4 is 56.8 Å². The minimum absolute atomic E-state index is 0.250. The molecule has 2 aromatic rings. The number of rotatable bonds is 5. The van der Waals surface area contributed by atoms with Gasteiger partial charge in [0.05, 0.1) is 16.4 Å². The number of thiophene rings is 1. The van der Waals surface area contributed by atoms with Gasteiger partial charge in [0.25, 0.3) is 0 Å². The lowest BCUT2D eigenvalue weighted by molar-refractivity contribution is 0.0476. The Morgan fingerprint density at radius 1 is 1.30 bits per heavy atom. The number of esters is 1. The third-order valence-corrected chi connectivity index (χ3v) is 6.63. The second-order valence-electron chi connectivity index (χ2n) is 4.72. The van der Waals surface area contributed by atoms with Crippen LogP contribution in [-0.4, -0.2) is 22.6 Å². The number of aliphatic imine (C=N–C) groups is 1. The topological polar surface area (TPSA) is 38.7 Å². The van der Waals surface area contributed by atoms with Crippen LogP contribution in [0.2, 0.25) is 4.34 Å². The van der Waals surface area contributed by atoms with Gasteiger partial charge >= 0.3 is 5.97 Å². The van der Waals surface area contributed by atoms with Crippen LogP contribution in [0.3, 0.4) is 0 Å². The predicted molar refractivity (Wildman–Crippen MR) is 101 cm³/mol. The van der Waals surface area contributed by atoms with Gasteiger partial charge in [0.1, 0.15) is 11.0 Å². The fourth-order valence-corrected chi connectivity index (χ4v) is 5.05. The summed E-state index contributed by atoms with van der Waals surface area (Å²) < 4.78 is 7.20. The molecule has 0 amide bonds. The van der Waals surface area contributed by atoms with E-state index in [4.69, 9.17) is 16.3 Å². The Labute approximate surface area is 152 Å². The summed E-state index contributed by atoms with van der Waals surface area (Å²) >= 11 is 10.8. The lowest BCUT2D eigenvalue weighted by Crippen LogP contribution is -2.07. The Hall–Kier alpha value is -0.950. The van der Waals surface area contributed by atoms with Crippen LogP contribution in [0.15, 0.2) is 41.4 Å². The summed E-state index contributed by atoms with van der Waals surface area (Å²) in [5, 5.41) is 0. The molecule has 0 fully saturated rings. The number of halogens is 1. The molecule has 0 N–H and O–H groups in total. The van der Waals surface area contributed by atoms with Crippen molar-refractivity contribution in [3.05, 3.63) is 56.7 Å². The Morgan fingerprint density at radius 3 is 2.91 bits per heavy atom. The lowest BCUT2D eigenvalue weighted by atomic mass is 10.1. The number of nitrogens with zero attached hydrogens (tertiary/aromatic N) is 1. The summed E-state index contributed by atoms with van der Waals surface area (Å²) in [6.07, 6.45) is 0. The Kier molecular flexibility index (Phi) is 6.05. The van der Waals surface area contributed by atoms with Crippen LogP contribution in [0.1, 0.15) is 20.8 Å². The zero-order valence-electron chi connectivity index (χ0n) is 12.2. The second-order valence-corrected chi connectivity index (χ2v) is 8.83. The molecular weight excluding hydrogens is 370 g/mol. The molecule has 2 heterocycles. The predicted octanol–water partition coefficient (Wildman–Crippen LogP) is 5.09. The molecule has 3 nitrogen and oxygen atoms in total. The van der Waals surface area contributed by atoms with Crippen LogP contribution in [0, 0.1) is 0 Å². The number of ether oxygens (including phenoxy) is 1. The summed E-state index contributed by atoms with van der Waals surface area (Å²) in [7, 11) is 0. The number of carbonyl (C=O) groups excluding carboxylic acids is 1. The highest BCUT2D eigenvalue weighted by atomic mass is 35.5. The van der Waals surface area contributed by atoms with Crippen LogP contribution in [0.25, 0.3) is 0 Å². The highest BCUT2D eigenvalue weighted by Crippen LogP contribution is 2.27. The van der Waals surface area contributed by atoms with Gasteiger partial charge in [-0.05, 0) is 23.8 Å². The summed E-state index contributed by atoms with van der Waals surface area (Å²) in [6.45, 7) is 1.14. The maximum Gasteiger partial charge on any atom is 0.338 e. The molecule has 3 rings (SSSR count). The van der Waals surface area contributed by atoms with E-state index >= 15 is 0 Å². The zero-order chi connectivity index (χ0) is 16.1. The van der Waals surface area contributed by atoms with Gasteiger partial charge in [-0.3, -0.25) is 4.99 Å². The first-order valence-electron chi connectivity index (χ1n) is 7.01. The summed E-state index contributed by atoms with van der Waals surface area (Å²) in [4.78, 5) is 17.7. The summed E-state index contributed by atoms with van der Waals surface area (Å²) in [5.41, 5.74) is 1.59. The number of carbonyl (C=O) groups is 1. The molecule has 0 saturated carbocycles.